The maximum Gasteiger partial charge on any atom is 0.326 e. The predicted molar refractivity (Wildman–Crippen MR) is 134 cm³/mol. The van der Waals surface area contributed by atoms with Gasteiger partial charge in [0.15, 0.2) is 0 Å². The molecule has 0 saturated heterocycles. The molecule has 8 N–H and O–H groups in total. The zero-order chi connectivity index (χ0) is 27.6. The molecule has 0 saturated carbocycles. The topological polar surface area (TPSA) is 191 Å². The van der Waals surface area contributed by atoms with Gasteiger partial charge in [-0.2, -0.15) is 0 Å². The molecule has 7 atom stereocenters. The number of carbonyl (C=O) groups excluding carboxylic acids is 3. The van der Waals surface area contributed by atoms with Crippen LogP contribution in [0.5, 0.6) is 5.75 Å². The molecule has 11 heteroatoms. The molecule has 0 aliphatic carbocycles. The summed E-state index contributed by atoms with van der Waals surface area (Å²) in [4.78, 5) is 50.4. The molecule has 0 bridgehead atoms. The molecule has 0 spiro atoms. The fraction of sp³-hybridized carbons (Fsp3) is 0.600. The highest BCUT2D eigenvalue weighted by atomic mass is 16.4. The van der Waals surface area contributed by atoms with Crippen molar-refractivity contribution < 1.29 is 34.5 Å². The van der Waals surface area contributed by atoms with E-state index in [1.165, 1.54) is 31.2 Å². The van der Waals surface area contributed by atoms with E-state index in [-0.39, 0.29) is 24.0 Å². The van der Waals surface area contributed by atoms with Gasteiger partial charge in [-0.3, -0.25) is 14.4 Å². The number of hydrogen-bond acceptors (Lipinski definition) is 7. The number of phenolic OH excluding ortho intramolecular Hbond substituents is 1. The number of aromatic hydroxyl groups is 1. The van der Waals surface area contributed by atoms with E-state index in [1.807, 2.05) is 20.8 Å². The van der Waals surface area contributed by atoms with Crippen LogP contribution in [0, 0.1) is 11.8 Å². The number of amides is 3. The first-order valence-corrected chi connectivity index (χ1v) is 12.2. The zero-order valence-corrected chi connectivity index (χ0v) is 21.5. The Labute approximate surface area is 211 Å². The molecule has 1 aromatic rings. The van der Waals surface area contributed by atoms with Gasteiger partial charge < -0.3 is 37.0 Å². The van der Waals surface area contributed by atoms with Crippen molar-refractivity contribution in [1.82, 2.24) is 16.0 Å². The number of carboxylic acids is 1. The van der Waals surface area contributed by atoms with Gasteiger partial charge >= 0.3 is 5.97 Å². The summed E-state index contributed by atoms with van der Waals surface area (Å²) < 4.78 is 0. The number of phenols is 1. The fourth-order valence-corrected chi connectivity index (χ4v) is 3.44. The highest BCUT2D eigenvalue weighted by Crippen LogP contribution is 2.13. The van der Waals surface area contributed by atoms with E-state index in [9.17, 15) is 34.5 Å². The minimum absolute atomic E-state index is 0.0135. The van der Waals surface area contributed by atoms with E-state index >= 15 is 0 Å². The van der Waals surface area contributed by atoms with Crippen molar-refractivity contribution >= 4 is 23.7 Å². The SMILES string of the molecule is CCC(C)C(N)C(=O)NC(C(=O)NC(C(=O)NC(Cc1ccc(O)cc1)C(=O)O)C(C)O)C(C)CC. The molecule has 202 valence electrons. The molecule has 3 amide bonds. The summed E-state index contributed by atoms with van der Waals surface area (Å²) in [6, 6.07) is 1.19. The van der Waals surface area contributed by atoms with Crippen LogP contribution < -0.4 is 21.7 Å². The maximum atomic E-state index is 13.1. The first-order chi connectivity index (χ1) is 16.8. The van der Waals surface area contributed by atoms with E-state index in [0.717, 1.165) is 0 Å². The molecule has 0 aliphatic rings. The van der Waals surface area contributed by atoms with Gasteiger partial charge in [0.05, 0.1) is 12.1 Å². The van der Waals surface area contributed by atoms with E-state index in [1.54, 1.807) is 6.92 Å². The predicted octanol–water partition coefficient (Wildman–Crippen LogP) is 0.274. The number of benzene rings is 1. The van der Waals surface area contributed by atoms with Gasteiger partial charge in [0.2, 0.25) is 17.7 Å². The van der Waals surface area contributed by atoms with E-state index in [2.05, 4.69) is 16.0 Å². The molecule has 36 heavy (non-hydrogen) atoms. The van der Waals surface area contributed by atoms with Gasteiger partial charge in [-0.15, -0.1) is 0 Å². The summed E-state index contributed by atoms with van der Waals surface area (Å²) in [5.74, 6) is -3.80. The summed E-state index contributed by atoms with van der Waals surface area (Å²) in [5.41, 5.74) is 6.55. The van der Waals surface area contributed by atoms with Gasteiger partial charge in [0, 0.05) is 6.42 Å². The van der Waals surface area contributed by atoms with Crippen LogP contribution in [0.2, 0.25) is 0 Å². The Morgan fingerprint density at radius 1 is 0.833 bits per heavy atom. The second-order valence-corrected chi connectivity index (χ2v) is 9.28. The number of nitrogens with one attached hydrogen (secondary N) is 3. The number of aliphatic hydroxyl groups excluding tert-OH is 1. The van der Waals surface area contributed by atoms with Crippen LogP contribution in [0.4, 0.5) is 0 Å². The first kappa shape index (κ1) is 30.9. The molecule has 0 aromatic heterocycles. The van der Waals surface area contributed by atoms with Crippen LogP contribution in [-0.4, -0.2) is 69.3 Å². The Kier molecular flexibility index (Phi) is 12.3. The molecule has 0 fully saturated rings. The fourth-order valence-electron chi connectivity index (χ4n) is 3.44. The lowest BCUT2D eigenvalue weighted by Gasteiger charge is -2.29. The van der Waals surface area contributed by atoms with Gasteiger partial charge in [0.1, 0.15) is 23.9 Å². The number of aliphatic hydroxyl groups is 1. The molecule has 11 nitrogen and oxygen atoms in total. The minimum atomic E-state index is -1.47. The Hall–Kier alpha value is -3.18. The average molecular weight is 509 g/mol. The van der Waals surface area contributed by atoms with Crippen molar-refractivity contribution in [2.45, 2.75) is 84.2 Å². The molecule has 7 unspecified atom stereocenters. The Bertz CT molecular complexity index is 891. The monoisotopic (exact) mass is 508 g/mol. The second kappa shape index (κ2) is 14.4. The number of rotatable bonds is 14. The summed E-state index contributed by atoms with van der Waals surface area (Å²) in [6.45, 7) is 8.61. The van der Waals surface area contributed by atoms with Crippen LogP contribution >= 0.6 is 0 Å². The van der Waals surface area contributed by atoms with E-state index in [0.29, 0.717) is 18.4 Å². The standard InChI is InChI=1S/C25H40N4O7/c1-6-13(3)19(26)22(32)28-20(14(4)7-2)23(33)29-21(15(5)30)24(34)27-18(25(35)36)12-16-8-10-17(31)11-9-16/h8-11,13-15,18-21,30-31H,6-7,12,26H2,1-5H3,(H,27,34)(H,28,32)(H,29,33)(H,35,36). The highest BCUT2D eigenvalue weighted by molar-refractivity contribution is 5.94. The molecular formula is C25H40N4O7. The Balaban J connectivity index is 3.01. The Morgan fingerprint density at radius 2 is 1.33 bits per heavy atom. The molecular weight excluding hydrogens is 468 g/mol. The van der Waals surface area contributed by atoms with Crippen LogP contribution in [-0.2, 0) is 25.6 Å². The van der Waals surface area contributed by atoms with E-state index in [4.69, 9.17) is 5.73 Å². The lowest BCUT2D eigenvalue weighted by atomic mass is 9.95. The average Bonchev–Trinajstić information content (AvgIpc) is 2.84. The van der Waals surface area contributed by atoms with Crippen LogP contribution in [0.1, 0.15) is 53.0 Å². The van der Waals surface area contributed by atoms with Crippen LogP contribution in [0.3, 0.4) is 0 Å². The normalized spacial score (nSPS) is 17.0. The largest absolute Gasteiger partial charge is 0.508 e. The van der Waals surface area contributed by atoms with Crippen molar-refractivity contribution in [3.63, 3.8) is 0 Å². The molecule has 1 rings (SSSR count). The maximum absolute atomic E-state index is 13.1. The number of aliphatic carboxylic acids is 1. The van der Waals surface area contributed by atoms with Crippen molar-refractivity contribution in [3.8, 4) is 5.75 Å². The highest BCUT2D eigenvalue weighted by Gasteiger charge is 2.34. The van der Waals surface area contributed by atoms with Crippen molar-refractivity contribution in [3.05, 3.63) is 29.8 Å². The smallest absolute Gasteiger partial charge is 0.326 e. The molecule has 0 radical (unpaired) electrons. The third kappa shape index (κ3) is 9.12. The second-order valence-electron chi connectivity index (χ2n) is 9.28. The zero-order valence-electron chi connectivity index (χ0n) is 21.5. The van der Waals surface area contributed by atoms with Gasteiger partial charge in [-0.1, -0.05) is 52.7 Å². The third-order valence-corrected chi connectivity index (χ3v) is 6.41. The van der Waals surface area contributed by atoms with Gasteiger partial charge in [-0.25, -0.2) is 4.79 Å². The molecule has 0 aliphatic heterocycles. The number of carboxylic acid groups (broad SMARTS) is 1. The number of hydrogen-bond donors (Lipinski definition) is 7. The van der Waals surface area contributed by atoms with Crippen molar-refractivity contribution in [2.24, 2.45) is 17.6 Å². The first-order valence-electron chi connectivity index (χ1n) is 12.2. The summed E-state index contributed by atoms with van der Waals surface area (Å²) in [6.07, 6.45) is -0.224. The minimum Gasteiger partial charge on any atom is -0.508 e. The quantitative estimate of drug-likeness (QED) is 0.186. The molecule has 1 aromatic carbocycles. The van der Waals surface area contributed by atoms with E-state index < -0.39 is 54.0 Å². The summed E-state index contributed by atoms with van der Waals surface area (Å²) in [7, 11) is 0. The van der Waals surface area contributed by atoms with Gasteiger partial charge in [0.25, 0.3) is 0 Å². The lowest BCUT2D eigenvalue weighted by Crippen LogP contribution is -2.61. The number of carbonyl (C=O) groups is 4. The molecule has 0 heterocycles. The number of nitrogens with two attached hydrogens (primary N) is 1. The van der Waals surface area contributed by atoms with Crippen molar-refractivity contribution in [1.29, 1.82) is 0 Å². The van der Waals surface area contributed by atoms with Crippen LogP contribution in [0.25, 0.3) is 0 Å². The van der Waals surface area contributed by atoms with Crippen LogP contribution in [0.15, 0.2) is 24.3 Å². The lowest BCUT2D eigenvalue weighted by molar-refractivity contribution is -0.143. The summed E-state index contributed by atoms with van der Waals surface area (Å²) in [5, 5.41) is 36.6. The third-order valence-electron chi connectivity index (χ3n) is 6.41. The Morgan fingerprint density at radius 3 is 1.81 bits per heavy atom. The van der Waals surface area contributed by atoms with Crippen molar-refractivity contribution in [2.75, 3.05) is 0 Å². The summed E-state index contributed by atoms with van der Waals surface area (Å²) >= 11 is 0. The van der Waals surface area contributed by atoms with Gasteiger partial charge in [-0.05, 0) is 36.5 Å².